The zero-order valence-corrected chi connectivity index (χ0v) is 8.06. The van der Waals surface area contributed by atoms with E-state index in [0.29, 0.717) is 0 Å². The lowest BCUT2D eigenvalue weighted by Gasteiger charge is -2.09. The number of nitriles is 1. The predicted molar refractivity (Wildman–Crippen MR) is 43.3 cm³/mol. The first-order chi connectivity index (χ1) is 6.42. The van der Waals surface area contributed by atoms with Gasteiger partial charge >= 0.3 is 6.36 Å². The molecule has 14 heavy (non-hydrogen) atoms. The largest absolute Gasteiger partial charge is 0.573 e. The Kier molecular flexibility index (Phi) is 2.96. The van der Waals surface area contributed by atoms with Gasteiger partial charge in [0.2, 0.25) is 0 Å². The highest BCUT2D eigenvalue weighted by molar-refractivity contribution is 9.10. The van der Waals surface area contributed by atoms with E-state index in [9.17, 15) is 13.2 Å². The molecule has 74 valence electrons. The smallest absolute Gasteiger partial charge is 0.403 e. The molecule has 7 heteroatoms. The second kappa shape index (κ2) is 3.84. The first-order valence-corrected chi connectivity index (χ1v) is 4.03. The molecule has 3 nitrogen and oxygen atoms in total. The molecule has 0 bridgehead atoms. The fourth-order valence-electron chi connectivity index (χ4n) is 0.711. The van der Waals surface area contributed by atoms with Gasteiger partial charge < -0.3 is 4.74 Å². The van der Waals surface area contributed by atoms with Crippen LogP contribution in [0, 0.1) is 11.3 Å². The first-order valence-electron chi connectivity index (χ1n) is 3.24. The molecule has 0 unspecified atom stereocenters. The molecule has 1 rings (SSSR count). The van der Waals surface area contributed by atoms with Crippen LogP contribution in [-0.4, -0.2) is 11.3 Å². The molecule has 0 saturated heterocycles. The third-order valence-electron chi connectivity index (χ3n) is 1.18. The number of pyridine rings is 1. The van der Waals surface area contributed by atoms with E-state index < -0.39 is 12.1 Å². The lowest BCUT2D eigenvalue weighted by atomic mass is 10.3. The van der Waals surface area contributed by atoms with Crippen LogP contribution in [0.15, 0.2) is 16.9 Å². The molecule has 0 fully saturated rings. The lowest BCUT2D eigenvalue weighted by molar-refractivity contribution is -0.274. The van der Waals surface area contributed by atoms with Crippen LogP contribution in [0.5, 0.6) is 5.75 Å². The van der Waals surface area contributed by atoms with Gasteiger partial charge in [0, 0.05) is 0 Å². The molecule has 1 heterocycles. The highest BCUT2D eigenvalue weighted by atomic mass is 79.9. The zero-order valence-electron chi connectivity index (χ0n) is 6.47. The van der Waals surface area contributed by atoms with Crippen LogP contribution in [-0.2, 0) is 0 Å². The van der Waals surface area contributed by atoms with Crippen molar-refractivity contribution < 1.29 is 17.9 Å². The molecule has 0 atom stereocenters. The van der Waals surface area contributed by atoms with Crippen molar-refractivity contribution in [3.05, 3.63) is 22.4 Å². The minimum atomic E-state index is -4.82. The molecular formula is C7H2BrF3N2O. The van der Waals surface area contributed by atoms with Crippen molar-refractivity contribution in [2.45, 2.75) is 6.36 Å². The second-order valence-corrected chi connectivity index (χ2v) is 2.98. The topological polar surface area (TPSA) is 45.9 Å². The van der Waals surface area contributed by atoms with E-state index in [1.807, 2.05) is 0 Å². The van der Waals surface area contributed by atoms with E-state index in [0.717, 1.165) is 12.3 Å². The second-order valence-electron chi connectivity index (χ2n) is 2.16. The Morgan fingerprint density at radius 3 is 2.64 bits per heavy atom. The van der Waals surface area contributed by atoms with Gasteiger partial charge in [-0.1, -0.05) is 0 Å². The summed E-state index contributed by atoms with van der Waals surface area (Å²) in [6.07, 6.45) is -3.99. The number of hydrogen-bond acceptors (Lipinski definition) is 3. The van der Waals surface area contributed by atoms with Crippen LogP contribution < -0.4 is 4.74 Å². The number of nitrogens with zero attached hydrogens (tertiary/aromatic N) is 2. The minimum Gasteiger partial charge on any atom is -0.403 e. The SMILES string of the molecule is N#Cc1cc(Br)ncc1OC(F)(F)F. The van der Waals surface area contributed by atoms with Gasteiger partial charge in [0.05, 0.1) is 11.8 Å². The first kappa shape index (κ1) is 10.8. The van der Waals surface area contributed by atoms with Crippen LogP contribution >= 0.6 is 15.9 Å². The van der Waals surface area contributed by atoms with Gasteiger partial charge in [-0.05, 0) is 22.0 Å². The Labute approximate surface area is 85.3 Å². The summed E-state index contributed by atoms with van der Waals surface area (Å²) in [5, 5.41) is 8.49. The summed E-state index contributed by atoms with van der Waals surface area (Å²) >= 11 is 2.92. The normalized spacial score (nSPS) is 10.8. The number of hydrogen-bond donors (Lipinski definition) is 0. The van der Waals surface area contributed by atoms with Gasteiger partial charge in [-0.2, -0.15) is 5.26 Å². The van der Waals surface area contributed by atoms with E-state index in [2.05, 4.69) is 25.7 Å². The van der Waals surface area contributed by atoms with E-state index >= 15 is 0 Å². The summed E-state index contributed by atoms with van der Waals surface area (Å²) in [7, 11) is 0. The van der Waals surface area contributed by atoms with Crippen LogP contribution in [0.1, 0.15) is 5.56 Å². The molecule has 0 amide bonds. The number of aromatic nitrogens is 1. The van der Waals surface area contributed by atoms with E-state index in [4.69, 9.17) is 5.26 Å². The van der Waals surface area contributed by atoms with Gasteiger partial charge in [0.25, 0.3) is 0 Å². The molecule has 0 N–H and O–H groups in total. The maximum Gasteiger partial charge on any atom is 0.573 e. The number of rotatable bonds is 1. The summed E-state index contributed by atoms with van der Waals surface area (Å²) in [4.78, 5) is 3.51. The molecule has 0 aliphatic heterocycles. The monoisotopic (exact) mass is 266 g/mol. The van der Waals surface area contributed by atoms with Gasteiger partial charge in [0.1, 0.15) is 10.7 Å². The average molecular weight is 267 g/mol. The van der Waals surface area contributed by atoms with Crippen molar-refractivity contribution in [3.63, 3.8) is 0 Å². The molecule has 0 aliphatic carbocycles. The Bertz CT molecular complexity index is 386. The molecule has 0 aromatic carbocycles. The van der Waals surface area contributed by atoms with Crippen LogP contribution in [0.25, 0.3) is 0 Å². The summed E-state index contributed by atoms with van der Waals surface area (Å²) in [5.74, 6) is -0.608. The number of halogens is 4. The van der Waals surface area contributed by atoms with E-state index in [1.54, 1.807) is 6.07 Å². The maximum atomic E-state index is 11.8. The molecule has 0 saturated carbocycles. The zero-order chi connectivity index (χ0) is 10.8. The average Bonchev–Trinajstić information content (AvgIpc) is 2.06. The Balaban J connectivity index is 3.05. The third-order valence-corrected chi connectivity index (χ3v) is 1.61. The molecule has 0 spiro atoms. The van der Waals surface area contributed by atoms with Gasteiger partial charge in [-0.3, -0.25) is 0 Å². The standard InChI is InChI=1S/C7H2BrF3N2O/c8-6-1-4(2-12)5(3-13-6)14-7(9,10)11/h1,3H. The molecule has 0 aliphatic rings. The quantitative estimate of drug-likeness (QED) is 0.734. The van der Waals surface area contributed by atoms with Crippen molar-refractivity contribution in [2.75, 3.05) is 0 Å². The maximum absolute atomic E-state index is 11.8. The Hall–Kier alpha value is -1.29. The minimum absolute atomic E-state index is 0.232. The van der Waals surface area contributed by atoms with Gasteiger partial charge in [0.15, 0.2) is 5.75 Å². The highest BCUT2D eigenvalue weighted by Crippen LogP contribution is 2.26. The van der Waals surface area contributed by atoms with Crippen molar-refractivity contribution in [2.24, 2.45) is 0 Å². The highest BCUT2D eigenvalue weighted by Gasteiger charge is 2.32. The third kappa shape index (κ3) is 2.88. The lowest BCUT2D eigenvalue weighted by Crippen LogP contribution is -2.18. The van der Waals surface area contributed by atoms with Crippen molar-refractivity contribution in [1.82, 2.24) is 4.98 Å². The molecule has 0 radical (unpaired) electrons. The summed E-state index contributed by atoms with van der Waals surface area (Å²) in [6.45, 7) is 0. The summed E-state index contributed by atoms with van der Waals surface area (Å²) in [5.41, 5.74) is -0.232. The molecular weight excluding hydrogens is 265 g/mol. The van der Waals surface area contributed by atoms with E-state index in [-0.39, 0.29) is 10.2 Å². The van der Waals surface area contributed by atoms with E-state index in [1.165, 1.54) is 0 Å². The van der Waals surface area contributed by atoms with Crippen molar-refractivity contribution in [3.8, 4) is 11.8 Å². The summed E-state index contributed by atoms with van der Waals surface area (Å²) in [6, 6.07) is 2.70. The Morgan fingerprint density at radius 1 is 1.50 bits per heavy atom. The van der Waals surface area contributed by atoms with Crippen LogP contribution in [0.4, 0.5) is 13.2 Å². The summed E-state index contributed by atoms with van der Waals surface area (Å²) < 4.78 is 39.2. The van der Waals surface area contributed by atoms with Gasteiger partial charge in [-0.15, -0.1) is 13.2 Å². The van der Waals surface area contributed by atoms with Crippen molar-refractivity contribution >= 4 is 15.9 Å². The fraction of sp³-hybridized carbons (Fsp3) is 0.143. The fourth-order valence-corrected chi connectivity index (χ4v) is 1.04. The van der Waals surface area contributed by atoms with Crippen molar-refractivity contribution in [1.29, 1.82) is 5.26 Å². The van der Waals surface area contributed by atoms with Gasteiger partial charge in [-0.25, -0.2) is 4.98 Å². The predicted octanol–water partition coefficient (Wildman–Crippen LogP) is 2.61. The molecule has 1 aromatic rings. The van der Waals surface area contributed by atoms with Crippen LogP contribution in [0.2, 0.25) is 0 Å². The molecule has 1 aromatic heterocycles. The van der Waals surface area contributed by atoms with Crippen LogP contribution in [0.3, 0.4) is 0 Å². The Morgan fingerprint density at radius 2 is 2.14 bits per heavy atom. The number of ether oxygens (including phenoxy) is 1. The number of alkyl halides is 3.